The molecule has 0 radical (unpaired) electrons. The monoisotopic (exact) mass is 355 g/mol. The molecule has 2 aromatic rings. The topological polar surface area (TPSA) is 60.1 Å². The van der Waals surface area contributed by atoms with Crippen molar-refractivity contribution < 1.29 is 9.47 Å². The average molecular weight is 355 g/mol. The Morgan fingerprint density at radius 1 is 1.12 bits per heavy atom. The largest absolute Gasteiger partial charge is 0.493 e. The lowest BCUT2D eigenvalue weighted by Crippen LogP contribution is -2.31. The average Bonchev–Trinajstić information content (AvgIpc) is 3.07. The van der Waals surface area contributed by atoms with E-state index in [0.29, 0.717) is 11.5 Å². The molecule has 0 fully saturated rings. The summed E-state index contributed by atoms with van der Waals surface area (Å²) in [7, 11) is 3.24. The second-order valence-corrected chi connectivity index (χ2v) is 6.35. The van der Waals surface area contributed by atoms with Crippen LogP contribution >= 0.6 is 12.2 Å². The van der Waals surface area contributed by atoms with E-state index in [2.05, 4.69) is 36.3 Å². The molecule has 5 nitrogen and oxygen atoms in total. The Morgan fingerprint density at radius 2 is 1.80 bits per heavy atom. The van der Waals surface area contributed by atoms with E-state index in [4.69, 9.17) is 27.4 Å². The quantitative estimate of drug-likeness (QED) is 0.852. The fraction of sp³-hybridized carbons (Fsp3) is 0.263. The number of rotatable bonds is 4. The normalized spacial score (nSPS) is 16.5. The highest BCUT2D eigenvalue weighted by Gasteiger charge is 2.31. The molecule has 6 heteroatoms. The maximum Gasteiger partial charge on any atom is 0.187 e. The number of thiocarbonyl (C=S) groups is 1. The third-order valence-corrected chi connectivity index (χ3v) is 4.50. The molecule has 0 aromatic heterocycles. The molecule has 130 valence electrons. The van der Waals surface area contributed by atoms with E-state index in [1.807, 2.05) is 18.2 Å². The van der Waals surface area contributed by atoms with Crippen molar-refractivity contribution in [1.29, 1.82) is 0 Å². The van der Waals surface area contributed by atoms with Crippen LogP contribution in [0.1, 0.15) is 29.2 Å². The van der Waals surface area contributed by atoms with Crippen molar-refractivity contribution in [3.63, 3.8) is 0 Å². The lowest BCUT2D eigenvalue weighted by atomic mass is 9.98. The lowest BCUT2D eigenvalue weighted by molar-refractivity contribution is 0.347. The number of nitrogens with two attached hydrogens (primary N) is 1. The van der Waals surface area contributed by atoms with Gasteiger partial charge in [0, 0.05) is 6.42 Å². The number of aryl methyl sites for hydroxylation is 1. The Hall–Kier alpha value is -2.60. The highest BCUT2D eigenvalue weighted by Crippen LogP contribution is 2.37. The Labute approximate surface area is 153 Å². The smallest absolute Gasteiger partial charge is 0.187 e. The van der Waals surface area contributed by atoms with Crippen LogP contribution in [0.25, 0.3) is 0 Å². The van der Waals surface area contributed by atoms with Crippen molar-refractivity contribution in [2.24, 2.45) is 10.8 Å². The minimum Gasteiger partial charge on any atom is -0.493 e. The Morgan fingerprint density at radius 3 is 2.40 bits per heavy atom. The summed E-state index contributed by atoms with van der Waals surface area (Å²) in [6.45, 7) is 2.06. The first kappa shape index (κ1) is 17.2. The van der Waals surface area contributed by atoms with Crippen LogP contribution in [0.2, 0.25) is 0 Å². The van der Waals surface area contributed by atoms with E-state index in [9.17, 15) is 0 Å². The minimum atomic E-state index is -0.0615. The maximum absolute atomic E-state index is 5.91. The van der Waals surface area contributed by atoms with E-state index >= 15 is 0 Å². The molecular formula is C19H21N3O2S. The number of ether oxygens (including phenoxy) is 2. The van der Waals surface area contributed by atoms with Gasteiger partial charge in [0.15, 0.2) is 16.6 Å². The third kappa shape index (κ3) is 3.44. The molecule has 0 saturated carbocycles. The molecule has 25 heavy (non-hydrogen) atoms. The summed E-state index contributed by atoms with van der Waals surface area (Å²) in [6, 6.07) is 14.1. The minimum absolute atomic E-state index is 0.0615. The molecule has 1 unspecified atom stereocenters. The van der Waals surface area contributed by atoms with Gasteiger partial charge >= 0.3 is 0 Å². The fourth-order valence-electron chi connectivity index (χ4n) is 2.95. The van der Waals surface area contributed by atoms with E-state index in [-0.39, 0.29) is 11.2 Å². The van der Waals surface area contributed by atoms with Crippen LogP contribution in [0, 0.1) is 6.92 Å². The van der Waals surface area contributed by atoms with Crippen LogP contribution in [0.4, 0.5) is 0 Å². The SMILES string of the molecule is COc1ccc(C2CC(c3ccc(C)cc3)=NN2C(N)=S)cc1OC. The van der Waals surface area contributed by atoms with Crippen LogP contribution in [0.3, 0.4) is 0 Å². The van der Waals surface area contributed by atoms with Gasteiger partial charge < -0.3 is 15.2 Å². The van der Waals surface area contributed by atoms with Crippen LogP contribution in [-0.4, -0.2) is 30.1 Å². The molecule has 2 aromatic carbocycles. The van der Waals surface area contributed by atoms with Crippen LogP contribution in [0.5, 0.6) is 11.5 Å². The Bertz CT molecular complexity index is 818. The van der Waals surface area contributed by atoms with Gasteiger partial charge in [-0.1, -0.05) is 35.9 Å². The molecule has 1 heterocycles. The fourth-order valence-corrected chi connectivity index (χ4v) is 3.12. The first-order valence-electron chi connectivity index (χ1n) is 7.98. The van der Waals surface area contributed by atoms with Gasteiger partial charge in [0.1, 0.15) is 0 Å². The van der Waals surface area contributed by atoms with Gasteiger partial charge in [-0.25, -0.2) is 5.01 Å². The molecule has 0 bridgehead atoms. The molecule has 3 rings (SSSR count). The van der Waals surface area contributed by atoms with Gasteiger partial charge in [0.2, 0.25) is 0 Å². The van der Waals surface area contributed by atoms with Crippen molar-refractivity contribution in [2.75, 3.05) is 14.2 Å². The van der Waals surface area contributed by atoms with E-state index in [1.54, 1.807) is 19.2 Å². The molecule has 0 spiro atoms. The molecule has 0 amide bonds. The third-order valence-electron chi connectivity index (χ3n) is 4.31. The number of hydrogen-bond donors (Lipinski definition) is 1. The van der Waals surface area contributed by atoms with Gasteiger partial charge in [-0.3, -0.25) is 0 Å². The zero-order valence-electron chi connectivity index (χ0n) is 14.5. The number of hydrazone groups is 1. The van der Waals surface area contributed by atoms with Crippen LogP contribution in [0.15, 0.2) is 47.6 Å². The molecule has 0 aliphatic carbocycles. The highest BCUT2D eigenvalue weighted by atomic mass is 32.1. The van der Waals surface area contributed by atoms with Gasteiger partial charge in [0.25, 0.3) is 0 Å². The summed E-state index contributed by atoms with van der Waals surface area (Å²) in [5.74, 6) is 1.36. The molecule has 1 aliphatic rings. The Kier molecular flexibility index (Phi) is 4.90. The second-order valence-electron chi connectivity index (χ2n) is 5.93. The van der Waals surface area contributed by atoms with Crippen LogP contribution < -0.4 is 15.2 Å². The van der Waals surface area contributed by atoms with Crippen molar-refractivity contribution in [3.05, 3.63) is 59.2 Å². The molecule has 1 aliphatic heterocycles. The summed E-state index contributed by atoms with van der Waals surface area (Å²) in [4.78, 5) is 0. The molecule has 0 saturated heterocycles. The molecule has 1 atom stereocenters. The molecule has 2 N–H and O–H groups in total. The van der Waals surface area contributed by atoms with E-state index < -0.39 is 0 Å². The maximum atomic E-state index is 5.91. The number of benzene rings is 2. The van der Waals surface area contributed by atoms with Gasteiger partial charge in [-0.05, 0) is 42.4 Å². The predicted octanol–water partition coefficient (Wildman–Crippen LogP) is 3.41. The van der Waals surface area contributed by atoms with Crippen molar-refractivity contribution in [2.45, 2.75) is 19.4 Å². The van der Waals surface area contributed by atoms with Crippen molar-refractivity contribution in [1.82, 2.24) is 5.01 Å². The summed E-state index contributed by atoms with van der Waals surface area (Å²) < 4.78 is 10.7. The highest BCUT2D eigenvalue weighted by molar-refractivity contribution is 7.80. The summed E-state index contributed by atoms with van der Waals surface area (Å²) in [5.41, 5.74) is 10.2. The first-order chi connectivity index (χ1) is 12.0. The van der Waals surface area contributed by atoms with Gasteiger partial charge in [-0.2, -0.15) is 5.10 Å². The zero-order valence-corrected chi connectivity index (χ0v) is 15.3. The standard InChI is InChI=1S/C19H21N3O2S/c1-12-4-6-13(7-5-12)15-11-16(22(21-15)19(20)25)14-8-9-17(23-2)18(10-14)24-3/h4-10,16H,11H2,1-3H3,(H2,20,25). The second kappa shape index (κ2) is 7.11. The predicted molar refractivity (Wildman–Crippen MR) is 103 cm³/mol. The number of nitrogens with zero attached hydrogens (tertiary/aromatic N) is 2. The van der Waals surface area contributed by atoms with Crippen molar-refractivity contribution >= 4 is 23.0 Å². The van der Waals surface area contributed by atoms with Gasteiger partial charge in [-0.15, -0.1) is 0 Å². The Balaban J connectivity index is 1.94. The number of methoxy groups -OCH3 is 2. The summed E-state index contributed by atoms with van der Waals surface area (Å²) in [5, 5.41) is 6.61. The first-order valence-corrected chi connectivity index (χ1v) is 8.39. The van der Waals surface area contributed by atoms with Gasteiger partial charge in [0.05, 0.1) is 26.0 Å². The van der Waals surface area contributed by atoms with E-state index in [0.717, 1.165) is 23.3 Å². The lowest BCUT2D eigenvalue weighted by Gasteiger charge is -2.22. The summed E-state index contributed by atoms with van der Waals surface area (Å²) >= 11 is 5.21. The van der Waals surface area contributed by atoms with Crippen LogP contribution in [-0.2, 0) is 0 Å². The molecular weight excluding hydrogens is 334 g/mol. The zero-order chi connectivity index (χ0) is 18.0. The van der Waals surface area contributed by atoms with E-state index in [1.165, 1.54) is 5.56 Å². The van der Waals surface area contributed by atoms with Crippen molar-refractivity contribution in [3.8, 4) is 11.5 Å². The number of hydrogen-bond acceptors (Lipinski definition) is 4. The summed E-state index contributed by atoms with van der Waals surface area (Å²) in [6.07, 6.45) is 0.718.